The van der Waals surface area contributed by atoms with Crippen molar-refractivity contribution < 1.29 is 14.9 Å². The Balaban J connectivity index is 5.14. The molecule has 0 saturated heterocycles. The number of aliphatic hydroxyl groups is 2. The van der Waals surface area contributed by atoms with E-state index >= 15 is 0 Å². The van der Waals surface area contributed by atoms with E-state index in [1.54, 1.807) is 0 Å². The van der Waals surface area contributed by atoms with Crippen molar-refractivity contribution in [2.75, 3.05) is 6.61 Å². The smallest absolute Gasteiger partial charge is 0.0697 e. The maximum atomic E-state index is 11.0. The summed E-state index contributed by atoms with van der Waals surface area (Å²) in [6.07, 6.45) is 1.36. The molecule has 0 aromatic carbocycles. The van der Waals surface area contributed by atoms with Crippen LogP contribution in [0.25, 0.3) is 0 Å². The zero-order chi connectivity index (χ0) is 19.8. The molecule has 0 radical (unpaired) electrons. The lowest BCUT2D eigenvalue weighted by atomic mass is 9.68. The molecule has 0 aromatic rings. The normalized spacial score (nSPS) is 17.8. The maximum absolute atomic E-state index is 11.0. The first-order chi connectivity index (χ1) is 10.1. The standard InChI is InChI=1S/C21H44O3/c1-16(2,3)13-21(12,23)18(6,7)15-24-20(10,11)17(4,5)14-19(8,9)22/h22-23H,13-15H2,1-12H3. The van der Waals surface area contributed by atoms with Gasteiger partial charge in [-0.25, -0.2) is 0 Å². The van der Waals surface area contributed by atoms with Crippen LogP contribution in [0.3, 0.4) is 0 Å². The highest BCUT2D eigenvalue weighted by atomic mass is 16.5. The molecule has 0 aliphatic rings. The van der Waals surface area contributed by atoms with Crippen LogP contribution in [0.2, 0.25) is 0 Å². The molecule has 0 bridgehead atoms. The van der Waals surface area contributed by atoms with Crippen LogP contribution in [0.1, 0.15) is 95.9 Å². The van der Waals surface area contributed by atoms with Crippen LogP contribution >= 0.6 is 0 Å². The van der Waals surface area contributed by atoms with Crippen molar-refractivity contribution in [2.45, 2.75) is 113 Å². The van der Waals surface area contributed by atoms with Crippen LogP contribution < -0.4 is 0 Å². The van der Waals surface area contributed by atoms with E-state index in [2.05, 4.69) is 62.3 Å². The van der Waals surface area contributed by atoms with Gasteiger partial charge in [0, 0.05) is 5.41 Å². The molecule has 0 spiro atoms. The fourth-order valence-electron chi connectivity index (χ4n) is 3.28. The second-order valence-corrected chi connectivity index (χ2v) is 11.6. The van der Waals surface area contributed by atoms with Gasteiger partial charge in [0.25, 0.3) is 0 Å². The Morgan fingerprint density at radius 3 is 1.38 bits per heavy atom. The van der Waals surface area contributed by atoms with Gasteiger partial charge in [0.2, 0.25) is 0 Å². The van der Waals surface area contributed by atoms with E-state index in [9.17, 15) is 10.2 Å². The summed E-state index contributed by atoms with van der Waals surface area (Å²) in [4.78, 5) is 0. The van der Waals surface area contributed by atoms with E-state index in [1.807, 2.05) is 20.8 Å². The van der Waals surface area contributed by atoms with Gasteiger partial charge in [-0.15, -0.1) is 0 Å². The van der Waals surface area contributed by atoms with Gasteiger partial charge in [0.1, 0.15) is 0 Å². The van der Waals surface area contributed by atoms with Crippen molar-refractivity contribution in [1.82, 2.24) is 0 Å². The lowest BCUT2D eigenvalue weighted by Crippen LogP contribution is -2.51. The molecule has 0 fully saturated rings. The van der Waals surface area contributed by atoms with Crippen LogP contribution in [0.4, 0.5) is 0 Å². The molecule has 0 heterocycles. The third-order valence-corrected chi connectivity index (χ3v) is 5.63. The molecular formula is C21H44O3. The van der Waals surface area contributed by atoms with Crippen LogP contribution in [0.15, 0.2) is 0 Å². The largest absolute Gasteiger partial charge is 0.390 e. The Hall–Kier alpha value is -0.120. The van der Waals surface area contributed by atoms with Crippen LogP contribution in [0.5, 0.6) is 0 Å². The number of hydrogen-bond acceptors (Lipinski definition) is 3. The second kappa shape index (κ2) is 6.89. The summed E-state index contributed by atoms with van der Waals surface area (Å²) in [6.45, 7) is 25.0. The van der Waals surface area contributed by atoms with Gasteiger partial charge in [-0.2, -0.15) is 0 Å². The number of rotatable bonds is 8. The summed E-state index contributed by atoms with van der Waals surface area (Å²) in [5.74, 6) is 0. The molecule has 2 N–H and O–H groups in total. The van der Waals surface area contributed by atoms with Gasteiger partial charge in [-0.3, -0.25) is 0 Å². The molecule has 0 rings (SSSR count). The Kier molecular flexibility index (Phi) is 6.85. The van der Waals surface area contributed by atoms with Crippen LogP contribution in [-0.4, -0.2) is 33.6 Å². The third-order valence-electron chi connectivity index (χ3n) is 5.63. The molecule has 0 amide bonds. The van der Waals surface area contributed by atoms with Crippen molar-refractivity contribution in [2.24, 2.45) is 16.2 Å². The van der Waals surface area contributed by atoms with Crippen LogP contribution in [0, 0.1) is 16.2 Å². The first kappa shape index (κ1) is 23.9. The number of ether oxygens (including phenoxy) is 1. The molecule has 146 valence electrons. The van der Waals surface area contributed by atoms with E-state index in [0.29, 0.717) is 19.4 Å². The molecule has 0 aliphatic carbocycles. The maximum Gasteiger partial charge on any atom is 0.0697 e. The highest BCUT2D eigenvalue weighted by Gasteiger charge is 2.46. The molecule has 0 saturated carbocycles. The summed E-state index contributed by atoms with van der Waals surface area (Å²) < 4.78 is 6.33. The van der Waals surface area contributed by atoms with Crippen molar-refractivity contribution in [1.29, 1.82) is 0 Å². The molecular weight excluding hydrogens is 300 g/mol. The molecule has 24 heavy (non-hydrogen) atoms. The first-order valence-corrected chi connectivity index (χ1v) is 9.21. The van der Waals surface area contributed by atoms with E-state index in [4.69, 9.17) is 4.74 Å². The molecule has 1 unspecified atom stereocenters. The van der Waals surface area contributed by atoms with Gasteiger partial charge >= 0.3 is 0 Å². The minimum absolute atomic E-state index is 0.0521. The van der Waals surface area contributed by atoms with E-state index in [1.165, 1.54) is 0 Å². The molecule has 3 nitrogen and oxygen atoms in total. The fourth-order valence-corrected chi connectivity index (χ4v) is 3.28. The van der Waals surface area contributed by atoms with Crippen LogP contribution in [-0.2, 0) is 4.74 Å². The van der Waals surface area contributed by atoms with Gasteiger partial charge < -0.3 is 14.9 Å². The fraction of sp³-hybridized carbons (Fsp3) is 1.00. The zero-order valence-corrected chi connectivity index (χ0v) is 18.4. The average molecular weight is 345 g/mol. The highest BCUT2D eigenvalue weighted by molar-refractivity contribution is 4.96. The molecule has 0 aliphatic heterocycles. The lowest BCUT2D eigenvalue weighted by molar-refractivity contribution is -0.176. The quantitative estimate of drug-likeness (QED) is 0.637. The Morgan fingerprint density at radius 1 is 0.625 bits per heavy atom. The molecule has 3 heteroatoms. The zero-order valence-electron chi connectivity index (χ0n) is 18.4. The topological polar surface area (TPSA) is 49.7 Å². The van der Waals surface area contributed by atoms with Gasteiger partial charge in [-0.1, -0.05) is 48.5 Å². The van der Waals surface area contributed by atoms with Gasteiger partial charge in [-0.05, 0) is 58.3 Å². The average Bonchev–Trinajstić information content (AvgIpc) is 2.19. The van der Waals surface area contributed by atoms with Gasteiger partial charge in [0.05, 0.1) is 23.4 Å². The van der Waals surface area contributed by atoms with Crippen molar-refractivity contribution in [3.8, 4) is 0 Å². The summed E-state index contributed by atoms with van der Waals surface area (Å²) in [5, 5.41) is 21.2. The minimum Gasteiger partial charge on any atom is -0.390 e. The number of hydrogen-bond donors (Lipinski definition) is 2. The van der Waals surface area contributed by atoms with E-state index < -0.39 is 16.8 Å². The highest BCUT2D eigenvalue weighted by Crippen LogP contribution is 2.44. The van der Waals surface area contributed by atoms with E-state index in [-0.39, 0.29) is 16.2 Å². The van der Waals surface area contributed by atoms with Crippen molar-refractivity contribution in [3.63, 3.8) is 0 Å². The van der Waals surface area contributed by atoms with Crippen molar-refractivity contribution >= 4 is 0 Å². The van der Waals surface area contributed by atoms with Crippen molar-refractivity contribution in [3.05, 3.63) is 0 Å². The summed E-state index contributed by atoms with van der Waals surface area (Å²) >= 11 is 0. The molecule has 0 aromatic heterocycles. The Bertz CT molecular complexity index is 364. The second-order valence-electron chi connectivity index (χ2n) is 11.6. The molecule has 1 atom stereocenters. The predicted molar refractivity (Wildman–Crippen MR) is 103 cm³/mol. The summed E-state index contributed by atoms with van der Waals surface area (Å²) in [7, 11) is 0. The minimum atomic E-state index is -0.818. The summed E-state index contributed by atoms with van der Waals surface area (Å²) in [6, 6.07) is 0. The lowest BCUT2D eigenvalue weighted by Gasteiger charge is -2.48. The first-order valence-electron chi connectivity index (χ1n) is 9.21. The predicted octanol–water partition coefficient (Wildman–Crippen LogP) is 5.18. The monoisotopic (exact) mass is 344 g/mol. The third kappa shape index (κ3) is 7.01. The Labute approximate surface area is 151 Å². The van der Waals surface area contributed by atoms with Gasteiger partial charge in [0.15, 0.2) is 0 Å². The summed E-state index contributed by atoms with van der Waals surface area (Å²) in [5.41, 5.74) is -2.49. The Morgan fingerprint density at radius 2 is 1.04 bits per heavy atom. The SMILES string of the molecule is CC(C)(C)CC(C)(O)C(C)(C)COC(C)(C)C(C)(C)CC(C)(C)O. The van der Waals surface area contributed by atoms with E-state index in [0.717, 1.165) is 0 Å².